The van der Waals surface area contributed by atoms with Crippen molar-refractivity contribution < 1.29 is 9.32 Å². The number of fused-ring (bicyclic) bond motifs is 1. The van der Waals surface area contributed by atoms with E-state index in [9.17, 15) is 4.79 Å². The maximum Gasteiger partial charge on any atom is 0.271 e. The number of carbonyl (C=O) groups excluding carboxylic acids is 1. The number of imidazole rings is 1. The Kier molecular flexibility index (Phi) is 4.73. The van der Waals surface area contributed by atoms with Gasteiger partial charge in [-0.1, -0.05) is 28.9 Å². The van der Waals surface area contributed by atoms with E-state index in [4.69, 9.17) is 16.1 Å². The molecular formula is C18H18ClN5O2. The van der Waals surface area contributed by atoms with Crippen LogP contribution in [-0.4, -0.2) is 33.7 Å². The van der Waals surface area contributed by atoms with Crippen molar-refractivity contribution in [2.75, 3.05) is 13.1 Å². The number of amides is 1. The van der Waals surface area contributed by atoms with Gasteiger partial charge in [0.2, 0.25) is 0 Å². The van der Waals surface area contributed by atoms with E-state index in [2.05, 4.69) is 20.8 Å². The summed E-state index contributed by atoms with van der Waals surface area (Å²) in [6.07, 6.45) is 2.62. The molecule has 0 radical (unpaired) electrons. The Hall–Kier alpha value is -2.64. The highest BCUT2D eigenvalue weighted by Crippen LogP contribution is 2.27. The summed E-state index contributed by atoms with van der Waals surface area (Å²) < 4.78 is 7.37. The molecule has 2 aromatic heterocycles. The van der Waals surface area contributed by atoms with Crippen molar-refractivity contribution in [2.24, 2.45) is 0 Å². The first-order chi connectivity index (χ1) is 12.7. The lowest BCUT2D eigenvalue weighted by atomic mass is 10.1. The summed E-state index contributed by atoms with van der Waals surface area (Å²) in [6, 6.07) is 9.15. The van der Waals surface area contributed by atoms with Crippen molar-refractivity contribution in [2.45, 2.75) is 19.5 Å². The van der Waals surface area contributed by atoms with Crippen LogP contribution in [0.2, 0.25) is 5.02 Å². The highest BCUT2D eigenvalue weighted by atomic mass is 35.5. The van der Waals surface area contributed by atoms with Crippen molar-refractivity contribution in [3.05, 3.63) is 58.8 Å². The fourth-order valence-electron chi connectivity index (χ4n) is 2.93. The zero-order chi connectivity index (χ0) is 17.9. The van der Waals surface area contributed by atoms with Crippen LogP contribution in [0.25, 0.3) is 11.3 Å². The molecule has 0 saturated heterocycles. The molecule has 1 aliphatic heterocycles. The predicted molar refractivity (Wildman–Crippen MR) is 96.9 cm³/mol. The van der Waals surface area contributed by atoms with Gasteiger partial charge in [0.15, 0.2) is 5.76 Å². The second kappa shape index (κ2) is 7.31. The Morgan fingerprint density at radius 2 is 2.23 bits per heavy atom. The zero-order valence-electron chi connectivity index (χ0n) is 14.0. The topological polar surface area (TPSA) is 85.0 Å². The lowest BCUT2D eigenvalue weighted by Gasteiger charge is -2.00. The molecule has 26 heavy (non-hydrogen) atoms. The summed E-state index contributed by atoms with van der Waals surface area (Å²) in [7, 11) is 0. The maximum atomic E-state index is 12.4. The number of rotatable bonds is 4. The quantitative estimate of drug-likeness (QED) is 0.734. The molecule has 0 saturated carbocycles. The summed E-state index contributed by atoms with van der Waals surface area (Å²) in [5.41, 5.74) is 1.82. The molecule has 3 heterocycles. The van der Waals surface area contributed by atoms with Crippen LogP contribution in [0.1, 0.15) is 22.0 Å². The number of hydrogen-bond acceptors (Lipinski definition) is 5. The minimum atomic E-state index is -0.221. The number of hydrogen-bond donors (Lipinski definition) is 2. The van der Waals surface area contributed by atoms with Crippen LogP contribution in [0, 0.1) is 0 Å². The number of halogens is 1. The molecule has 8 heteroatoms. The van der Waals surface area contributed by atoms with Crippen LogP contribution >= 0.6 is 11.6 Å². The van der Waals surface area contributed by atoms with E-state index in [1.165, 1.54) is 0 Å². The van der Waals surface area contributed by atoms with Crippen LogP contribution in [-0.2, 0) is 19.5 Å². The number of nitrogens with one attached hydrogen (secondary N) is 2. The van der Waals surface area contributed by atoms with Crippen molar-refractivity contribution in [3.63, 3.8) is 0 Å². The Bertz CT molecular complexity index is 910. The molecule has 1 aromatic carbocycles. The number of carbonyl (C=O) groups is 1. The molecular weight excluding hydrogens is 354 g/mol. The van der Waals surface area contributed by atoms with Gasteiger partial charge in [0.05, 0.1) is 11.6 Å². The molecule has 0 aliphatic carbocycles. The number of nitrogens with zero attached hydrogens (tertiary/aromatic N) is 3. The average Bonchev–Trinajstić information content (AvgIpc) is 3.22. The van der Waals surface area contributed by atoms with Crippen LogP contribution in [0.3, 0.4) is 0 Å². The van der Waals surface area contributed by atoms with Crippen LogP contribution < -0.4 is 10.6 Å². The Morgan fingerprint density at radius 1 is 1.35 bits per heavy atom. The molecule has 0 unspecified atom stereocenters. The summed E-state index contributed by atoms with van der Waals surface area (Å²) in [6.45, 7) is 2.84. The summed E-state index contributed by atoms with van der Waals surface area (Å²) in [5, 5.41) is 10.7. The molecule has 2 N–H and O–H groups in total. The van der Waals surface area contributed by atoms with Gasteiger partial charge in [0.25, 0.3) is 5.91 Å². The van der Waals surface area contributed by atoms with Gasteiger partial charge in [-0.05, 0) is 12.1 Å². The highest BCUT2D eigenvalue weighted by Gasteiger charge is 2.16. The van der Waals surface area contributed by atoms with Crippen molar-refractivity contribution >= 4 is 17.5 Å². The van der Waals surface area contributed by atoms with E-state index in [-0.39, 0.29) is 12.5 Å². The standard InChI is InChI=1S/C18H18ClN5O2/c19-14-4-2-1-3-13(14)16-9-12(23-26-16)10-21-18(25)15-11-24-8-7-20-6-5-17(24)22-15/h1-4,9,11,20H,5-8,10H2,(H,21,25). The van der Waals surface area contributed by atoms with Gasteiger partial charge >= 0.3 is 0 Å². The Labute approximate surface area is 155 Å². The zero-order valence-corrected chi connectivity index (χ0v) is 14.8. The normalized spacial score (nSPS) is 13.9. The van der Waals surface area contributed by atoms with Gasteiger partial charge in [-0.2, -0.15) is 0 Å². The SMILES string of the molecule is O=C(NCc1cc(-c2ccccc2Cl)on1)c1cn2c(n1)CCNCC2. The molecule has 0 atom stereocenters. The molecule has 4 rings (SSSR count). The van der Waals surface area contributed by atoms with Crippen LogP contribution in [0.15, 0.2) is 41.1 Å². The summed E-state index contributed by atoms with van der Waals surface area (Å²) >= 11 is 6.16. The lowest BCUT2D eigenvalue weighted by Crippen LogP contribution is -2.23. The molecule has 0 bridgehead atoms. The van der Waals surface area contributed by atoms with Gasteiger partial charge in [0.1, 0.15) is 17.2 Å². The fraction of sp³-hybridized carbons (Fsp3) is 0.278. The Morgan fingerprint density at radius 3 is 3.12 bits per heavy atom. The molecule has 7 nitrogen and oxygen atoms in total. The first kappa shape index (κ1) is 16.8. The van der Waals surface area contributed by atoms with E-state index in [0.29, 0.717) is 22.2 Å². The molecule has 1 aliphatic rings. The Balaban J connectivity index is 1.42. The van der Waals surface area contributed by atoms with Crippen molar-refractivity contribution in [1.82, 2.24) is 25.3 Å². The minimum absolute atomic E-state index is 0.221. The highest BCUT2D eigenvalue weighted by molar-refractivity contribution is 6.33. The molecule has 0 spiro atoms. The van der Waals surface area contributed by atoms with Gasteiger partial charge < -0.3 is 19.7 Å². The number of benzene rings is 1. The van der Waals surface area contributed by atoms with Gasteiger partial charge in [0, 0.05) is 43.9 Å². The molecule has 1 amide bonds. The largest absolute Gasteiger partial charge is 0.356 e. The third-order valence-corrected chi connectivity index (χ3v) is 4.60. The predicted octanol–water partition coefficient (Wildman–Crippen LogP) is 2.27. The second-order valence-corrected chi connectivity index (χ2v) is 6.49. The number of aromatic nitrogens is 3. The first-order valence-electron chi connectivity index (χ1n) is 8.46. The van der Waals surface area contributed by atoms with Crippen LogP contribution in [0.5, 0.6) is 0 Å². The lowest BCUT2D eigenvalue weighted by molar-refractivity contribution is 0.0945. The second-order valence-electron chi connectivity index (χ2n) is 6.08. The fourth-order valence-corrected chi connectivity index (χ4v) is 3.15. The third kappa shape index (κ3) is 3.49. The first-order valence-corrected chi connectivity index (χ1v) is 8.84. The van der Waals surface area contributed by atoms with Crippen molar-refractivity contribution in [3.8, 4) is 11.3 Å². The molecule has 0 fully saturated rings. The van der Waals surface area contributed by atoms with E-state index in [1.807, 2.05) is 22.8 Å². The maximum absolute atomic E-state index is 12.4. The summed E-state index contributed by atoms with van der Waals surface area (Å²) in [5.74, 6) is 1.28. The van der Waals surface area contributed by atoms with Gasteiger partial charge in [-0.25, -0.2) is 4.98 Å². The molecule has 3 aromatic rings. The van der Waals surface area contributed by atoms with Crippen molar-refractivity contribution in [1.29, 1.82) is 0 Å². The van der Waals surface area contributed by atoms with E-state index < -0.39 is 0 Å². The van der Waals surface area contributed by atoms with E-state index in [0.717, 1.165) is 37.4 Å². The van der Waals surface area contributed by atoms with Gasteiger partial charge in [-0.15, -0.1) is 0 Å². The van der Waals surface area contributed by atoms with Gasteiger partial charge in [-0.3, -0.25) is 4.79 Å². The smallest absolute Gasteiger partial charge is 0.271 e. The average molecular weight is 372 g/mol. The van der Waals surface area contributed by atoms with Crippen LogP contribution in [0.4, 0.5) is 0 Å². The third-order valence-electron chi connectivity index (χ3n) is 4.28. The summed E-state index contributed by atoms with van der Waals surface area (Å²) in [4.78, 5) is 16.8. The van der Waals surface area contributed by atoms with E-state index in [1.54, 1.807) is 18.3 Å². The monoisotopic (exact) mass is 371 g/mol. The minimum Gasteiger partial charge on any atom is -0.356 e. The molecule has 134 valence electrons. The van der Waals surface area contributed by atoms with E-state index >= 15 is 0 Å².